The van der Waals surface area contributed by atoms with E-state index in [0.717, 1.165) is 29.8 Å². The van der Waals surface area contributed by atoms with E-state index in [0.29, 0.717) is 12.1 Å². The van der Waals surface area contributed by atoms with E-state index in [1.54, 1.807) is 10.9 Å². The SMILES string of the molecule is CCN(CC(=O)O)C1CC(NC(=O)c2cnn(-c3cccc(C)c3)c2C)C1. The molecule has 1 aromatic carbocycles. The van der Waals surface area contributed by atoms with Gasteiger partial charge in [0.05, 0.1) is 29.7 Å². The number of carboxylic acid groups (broad SMARTS) is 1. The largest absolute Gasteiger partial charge is 0.480 e. The third-order valence-corrected chi connectivity index (χ3v) is 5.21. The average molecular weight is 370 g/mol. The van der Waals surface area contributed by atoms with E-state index in [4.69, 9.17) is 5.11 Å². The van der Waals surface area contributed by atoms with Crippen molar-refractivity contribution in [3.63, 3.8) is 0 Å². The molecule has 27 heavy (non-hydrogen) atoms. The number of rotatable bonds is 7. The Hall–Kier alpha value is -2.67. The number of carboxylic acids is 1. The molecule has 0 radical (unpaired) electrons. The fourth-order valence-corrected chi connectivity index (χ4v) is 3.59. The molecule has 0 unspecified atom stereocenters. The molecule has 1 saturated carbocycles. The predicted molar refractivity (Wildman–Crippen MR) is 102 cm³/mol. The number of aliphatic carboxylic acids is 1. The second-order valence-electron chi connectivity index (χ2n) is 7.15. The molecule has 1 amide bonds. The normalized spacial score (nSPS) is 19.0. The summed E-state index contributed by atoms with van der Waals surface area (Å²) in [4.78, 5) is 25.5. The van der Waals surface area contributed by atoms with Gasteiger partial charge in [0.1, 0.15) is 0 Å². The molecule has 3 rings (SSSR count). The van der Waals surface area contributed by atoms with Crippen molar-refractivity contribution in [2.45, 2.75) is 45.7 Å². The maximum Gasteiger partial charge on any atom is 0.317 e. The second-order valence-corrected chi connectivity index (χ2v) is 7.15. The minimum absolute atomic E-state index is 0.0458. The van der Waals surface area contributed by atoms with Crippen molar-refractivity contribution in [1.29, 1.82) is 0 Å². The van der Waals surface area contributed by atoms with Gasteiger partial charge >= 0.3 is 5.97 Å². The molecule has 7 heteroatoms. The number of benzene rings is 1. The van der Waals surface area contributed by atoms with Gasteiger partial charge in [-0.2, -0.15) is 5.10 Å². The van der Waals surface area contributed by atoms with Gasteiger partial charge in [0.15, 0.2) is 0 Å². The van der Waals surface area contributed by atoms with Gasteiger partial charge in [0, 0.05) is 12.1 Å². The van der Waals surface area contributed by atoms with E-state index >= 15 is 0 Å². The zero-order valence-corrected chi connectivity index (χ0v) is 16.0. The van der Waals surface area contributed by atoms with Crippen LogP contribution in [0.4, 0.5) is 0 Å². The first-order valence-corrected chi connectivity index (χ1v) is 9.27. The summed E-state index contributed by atoms with van der Waals surface area (Å²) >= 11 is 0. The molecular weight excluding hydrogens is 344 g/mol. The Morgan fingerprint density at radius 1 is 1.33 bits per heavy atom. The van der Waals surface area contributed by atoms with Crippen LogP contribution < -0.4 is 5.32 Å². The first-order chi connectivity index (χ1) is 12.9. The number of carbonyl (C=O) groups excluding carboxylic acids is 1. The zero-order chi connectivity index (χ0) is 19.6. The van der Waals surface area contributed by atoms with Crippen molar-refractivity contribution in [2.24, 2.45) is 0 Å². The fourth-order valence-electron chi connectivity index (χ4n) is 3.59. The Balaban J connectivity index is 1.61. The highest BCUT2D eigenvalue weighted by molar-refractivity contribution is 5.95. The summed E-state index contributed by atoms with van der Waals surface area (Å²) in [5.74, 6) is -0.945. The number of hydrogen-bond donors (Lipinski definition) is 2. The van der Waals surface area contributed by atoms with Crippen LogP contribution in [0.5, 0.6) is 0 Å². The Morgan fingerprint density at radius 3 is 2.70 bits per heavy atom. The smallest absolute Gasteiger partial charge is 0.317 e. The summed E-state index contributed by atoms with van der Waals surface area (Å²) in [7, 11) is 0. The van der Waals surface area contributed by atoms with E-state index in [1.807, 2.05) is 49.9 Å². The monoisotopic (exact) mass is 370 g/mol. The number of nitrogens with one attached hydrogen (secondary N) is 1. The highest BCUT2D eigenvalue weighted by atomic mass is 16.4. The number of likely N-dealkylation sites (N-methyl/N-ethyl adjacent to an activating group) is 1. The van der Waals surface area contributed by atoms with Crippen LogP contribution in [0.2, 0.25) is 0 Å². The maximum atomic E-state index is 12.6. The summed E-state index contributed by atoms with van der Waals surface area (Å²) in [5, 5.41) is 16.4. The van der Waals surface area contributed by atoms with Gasteiger partial charge in [-0.3, -0.25) is 14.5 Å². The minimum atomic E-state index is -0.816. The third kappa shape index (κ3) is 4.19. The van der Waals surface area contributed by atoms with Crippen LogP contribution in [0.3, 0.4) is 0 Å². The second kappa shape index (κ2) is 7.92. The standard InChI is InChI=1S/C20H26N4O3/c1-4-23(12-19(25)26)17-9-15(10-17)22-20(27)18-11-21-24(14(18)3)16-7-5-6-13(2)8-16/h5-8,11,15,17H,4,9-10,12H2,1-3H3,(H,22,27)(H,25,26). The number of hydrogen-bond acceptors (Lipinski definition) is 4. The molecule has 144 valence electrons. The van der Waals surface area contributed by atoms with Crippen LogP contribution in [0, 0.1) is 13.8 Å². The molecule has 1 aliphatic carbocycles. The number of carbonyl (C=O) groups is 2. The van der Waals surface area contributed by atoms with Crippen LogP contribution >= 0.6 is 0 Å². The van der Waals surface area contributed by atoms with Crippen molar-refractivity contribution in [3.8, 4) is 5.69 Å². The molecule has 1 heterocycles. The summed E-state index contributed by atoms with van der Waals surface area (Å²) in [6, 6.07) is 8.27. The van der Waals surface area contributed by atoms with E-state index in [-0.39, 0.29) is 24.5 Å². The lowest BCUT2D eigenvalue weighted by Gasteiger charge is -2.42. The molecular formula is C20H26N4O3. The molecule has 1 aliphatic rings. The van der Waals surface area contributed by atoms with Crippen molar-refractivity contribution in [3.05, 3.63) is 47.3 Å². The first kappa shape index (κ1) is 19.1. The Bertz CT molecular complexity index is 840. The zero-order valence-electron chi connectivity index (χ0n) is 16.0. The van der Waals surface area contributed by atoms with Crippen LogP contribution in [0.25, 0.3) is 5.69 Å². The van der Waals surface area contributed by atoms with Crippen molar-refractivity contribution in [2.75, 3.05) is 13.1 Å². The fraction of sp³-hybridized carbons (Fsp3) is 0.450. The van der Waals surface area contributed by atoms with Gasteiger partial charge in [-0.25, -0.2) is 4.68 Å². The minimum Gasteiger partial charge on any atom is -0.480 e. The van der Waals surface area contributed by atoms with E-state index in [9.17, 15) is 9.59 Å². The van der Waals surface area contributed by atoms with Gasteiger partial charge in [0.2, 0.25) is 0 Å². The van der Waals surface area contributed by atoms with Crippen LogP contribution in [-0.2, 0) is 4.79 Å². The van der Waals surface area contributed by atoms with Gasteiger partial charge in [-0.15, -0.1) is 0 Å². The Labute approximate surface area is 159 Å². The lowest BCUT2D eigenvalue weighted by atomic mass is 9.85. The number of aryl methyl sites for hydroxylation is 1. The topological polar surface area (TPSA) is 87.5 Å². The lowest BCUT2D eigenvalue weighted by molar-refractivity contribution is -0.139. The molecule has 0 spiro atoms. The molecule has 1 fully saturated rings. The Kier molecular flexibility index (Phi) is 5.60. The molecule has 1 aromatic heterocycles. The van der Waals surface area contributed by atoms with Gasteiger partial charge in [-0.05, 0) is 50.9 Å². The van der Waals surface area contributed by atoms with Crippen molar-refractivity contribution >= 4 is 11.9 Å². The van der Waals surface area contributed by atoms with E-state index < -0.39 is 5.97 Å². The number of nitrogens with zero attached hydrogens (tertiary/aromatic N) is 3. The molecule has 0 aliphatic heterocycles. The van der Waals surface area contributed by atoms with Gasteiger partial charge in [-0.1, -0.05) is 19.1 Å². The summed E-state index contributed by atoms with van der Waals surface area (Å²) < 4.78 is 1.77. The molecule has 2 aromatic rings. The first-order valence-electron chi connectivity index (χ1n) is 9.27. The predicted octanol–water partition coefficient (Wildman–Crippen LogP) is 2.16. The third-order valence-electron chi connectivity index (χ3n) is 5.21. The average Bonchev–Trinajstić information content (AvgIpc) is 2.97. The van der Waals surface area contributed by atoms with Crippen LogP contribution in [0.15, 0.2) is 30.5 Å². The van der Waals surface area contributed by atoms with Crippen molar-refractivity contribution in [1.82, 2.24) is 20.0 Å². The molecule has 7 nitrogen and oxygen atoms in total. The quantitative estimate of drug-likeness (QED) is 0.780. The number of amides is 1. The maximum absolute atomic E-state index is 12.6. The highest BCUT2D eigenvalue weighted by Gasteiger charge is 2.35. The van der Waals surface area contributed by atoms with E-state index in [2.05, 4.69) is 10.4 Å². The van der Waals surface area contributed by atoms with Crippen molar-refractivity contribution < 1.29 is 14.7 Å². The highest BCUT2D eigenvalue weighted by Crippen LogP contribution is 2.26. The molecule has 2 N–H and O–H groups in total. The van der Waals surface area contributed by atoms with Gasteiger partial charge in [0.25, 0.3) is 5.91 Å². The van der Waals surface area contributed by atoms with Gasteiger partial charge < -0.3 is 10.4 Å². The number of aromatic nitrogens is 2. The molecule has 0 atom stereocenters. The molecule has 0 saturated heterocycles. The summed E-state index contributed by atoms with van der Waals surface area (Å²) in [6.45, 7) is 6.61. The lowest BCUT2D eigenvalue weighted by Crippen LogP contribution is -2.54. The summed E-state index contributed by atoms with van der Waals surface area (Å²) in [5.41, 5.74) is 3.44. The summed E-state index contributed by atoms with van der Waals surface area (Å²) in [6.07, 6.45) is 3.15. The molecule has 0 bridgehead atoms. The van der Waals surface area contributed by atoms with Crippen LogP contribution in [0.1, 0.15) is 41.4 Å². The van der Waals surface area contributed by atoms with Crippen LogP contribution in [-0.4, -0.2) is 56.8 Å². The Morgan fingerprint density at radius 2 is 2.07 bits per heavy atom. The van der Waals surface area contributed by atoms with E-state index in [1.165, 1.54) is 0 Å².